The molecule has 1 saturated heterocycles. The van der Waals surface area contributed by atoms with E-state index in [0.717, 1.165) is 17.7 Å². The van der Waals surface area contributed by atoms with Gasteiger partial charge in [-0.15, -0.1) is 0 Å². The Morgan fingerprint density at radius 3 is 2.71 bits per heavy atom. The van der Waals surface area contributed by atoms with Crippen LogP contribution < -0.4 is 5.73 Å². The number of nitrogen functional groups attached to an aromatic ring is 1. The second kappa shape index (κ2) is 6.94. The predicted octanol–water partition coefficient (Wildman–Crippen LogP) is 2.79. The standard InChI is InChI=1S/C17H26N2O2/c1-4-16-11-21-13(3)10-19(16)17(20)9-12(2)14-5-7-15(18)8-6-14/h5-8,12-13,16H,4,9-11,18H2,1-3H3. The first-order chi connectivity index (χ1) is 10.0. The summed E-state index contributed by atoms with van der Waals surface area (Å²) in [5, 5.41) is 0. The number of hydrogen-bond donors (Lipinski definition) is 1. The van der Waals surface area contributed by atoms with Gasteiger partial charge in [-0.3, -0.25) is 4.79 Å². The van der Waals surface area contributed by atoms with Crippen LogP contribution in [0.2, 0.25) is 0 Å². The van der Waals surface area contributed by atoms with Gasteiger partial charge >= 0.3 is 0 Å². The number of anilines is 1. The predicted molar refractivity (Wildman–Crippen MR) is 85.1 cm³/mol. The van der Waals surface area contributed by atoms with Gasteiger partial charge in [-0.1, -0.05) is 26.0 Å². The Morgan fingerprint density at radius 2 is 2.10 bits per heavy atom. The molecule has 0 radical (unpaired) electrons. The van der Waals surface area contributed by atoms with E-state index in [1.807, 2.05) is 36.1 Å². The fourth-order valence-corrected chi connectivity index (χ4v) is 2.81. The average molecular weight is 290 g/mol. The van der Waals surface area contributed by atoms with Crippen LogP contribution in [0.4, 0.5) is 5.69 Å². The zero-order chi connectivity index (χ0) is 15.4. The Hall–Kier alpha value is -1.55. The third-order valence-corrected chi connectivity index (χ3v) is 4.25. The topological polar surface area (TPSA) is 55.6 Å². The molecule has 2 N–H and O–H groups in total. The zero-order valence-corrected chi connectivity index (χ0v) is 13.2. The molecule has 1 fully saturated rings. The van der Waals surface area contributed by atoms with E-state index in [4.69, 9.17) is 10.5 Å². The Kier molecular flexibility index (Phi) is 5.23. The summed E-state index contributed by atoms with van der Waals surface area (Å²) in [5.74, 6) is 0.426. The number of amides is 1. The first-order valence-electron chi connectivity index (χ1n) is 7.77. The molecule has 1 heterocycles. The minimum absolute atomic E-state index is 0.128. The van der Waals surface area contributed by atoms with E-state index in [1.165, 1.54) is 0 Å². The van der Waals surface area contributed by atoms with Crippen molar-refractivity contribution in [1.29, 1.82) is 0 Å². The molecule has 0 aliphatic carbocycles. The lowest BCUT2D eigenvalue weighted by molar-refractivity contribution is -0.144. The quantitative estimate of drug-likeness (QED) is 0.868. The SMILES string of the molecule is CCC1COC(C)CN1C(=O)CC(C)c1ccc(N)cc1. The maximum Gasteiger partial charge on any atom is 0.223 e. The van der Waals surface area contributed by atoms with Crippen molar-refractivity contribution in [2.24, 2.45) is 0 Å². The molecular formula is C17H26N2O2. The van der Waals surface area contributed by atoms with E-state index >= 15 is 0 Å². The smallest absolute Gasteiger partial charge is 0.223 e. The maximum atomic E-state index is 12.6. The van der Waals surface area contributed by atoms with Crippen LogP contribution in [0, 0.1) is 0 Å². The minimum Gasteiger partial charge on any atom is -0.399 e. The molecule has 3 unspecified atom stereocenters. The highest BCUT2D eigenvalue weighted by Crippen LogP contribution is 2.23. The molecule has 1 aliphatic heterocycles. The lowest BCUT2D eigenvalue weighted by Gasteiger charge is -2.38. The van der Waals surface area contributed by atoms with Crippen LogP contribution in [-0.2, 0) is 9.53 Å². The molecular weight excluding hydrogens is 264 g/mol. The van der Waals surface area contributed by atoms with Crippen molar-refractivity contribution in [1.82, 2.24) is 4.90 Å². The van der Waals surface area contributed by atoms with Gasteiger partial charge in [0, 0.05) is 18.7 Å². The molecule has 4 heteroatoms. The van der Waals surface area contributed by atoms with Crippen molar-refractivity contribution >= 4 is 11.6 Å². The maximum absolute atomic E-state index is 12.6. The van der Waals surface area contributed by atoms with Crippen molar-refractivity contribution in [2.45, 2.75) is 51.7 Å². The summed E-state index contributed by atoms with van der Waals surface area (Å²) in [7, 11) is 0. The highest BCUT2D eigenvalue weighted by molar-refractivity contribution is 5.77. The van der Waals surface area contributed by atoms with Gasteiger partial charge < -0.3 is 15.4 Å². The highest BCUT2D eigenvalue weighted by atomic mass is 16.5. The van der Waals surface area contributed by atoms with Gasteiger partial charge in [-0.2, -0.15) is 0 Å². The zero-order valence-electron chi connectivity index (χ0n) is 13.2. The lowest BCUT2D eigenvalue weighted by atomic mass is 9.96. The molecule has 1 aliphatic rings. The van der Waals surface area contributed by atoms with Gasteiger partial charge in [0.2, 0.25) is 5.91 Å². The Labute approximate surface area is 127 Å². The summed E-state index contributed by atoms with van der Waals surface area (Å²) in [6.07, 6.45) is 1.60. The van der Waals surface area contributed by atoms with Crippen molar-refractivity contribution < 1.29 is 9.53 Å². The second-order valence-electron chi connectivity index (χ2n) is 6.02. The number of carbonyl (C=O) groups excluding carboxylic acids is 1. The molecule has 1 amide bonds. The van der Waals surface area contributed by atoms with Crippen LogP contribution in [0.1, 0.15) is 45.1 Å². The van der Waals surface area contributed by atoms with E-state index in [-0.39, 0.29) is 24.0 Å². The molecule has 0 bridgehead atoms. The molecule has 21 heavy (non-hydrogen) atoms. The summed E-state index contributed by atoms with van der Waals surface area (Å²) in [5.41, 5.74) is 7.62. The molecule has 0 spiro atoms. The third-order valence-electron chi connectivity index (χ3n) is 4.25. The number of nitrogens with two attached hydrogens (primary N) is 1. The van der Waals surface area contributed by atoms with Gasteiger partial charge in [0.05, 0.1) is 18.8 Å². The Bertz CT molecular complexity index is 472. The number of benzene rings is 1. The number of morpholine rings is 1. The molecule has 4 nitrogen and oxygen atoms in total. The van der Waals surface area contributed by atoms with Crippen LogP contribution in [0.15, 0.2) is 24.3 Å². The summed E-state index contributed by atoms with van der Waals surface area (Å²) in [4.78, 5) is 14.6. The van der Waals surface area contributed by atoms with E-state index in [0.29, 0.717) is 19.6 Å². The van der Waals surface area contributed by atoms with Crippen molar-refractivity contribution in [3.05, 3.63) is 29.8 Å². The van der Waals surface area contributed by atoms with Gasteiger partial charge in [0.1, 0.15) is 0 Å². The van der Waals surface area contributed by atoms with Crippen LogP contribution in [0.5, 0.6) is 0 Å². The second-order valence-corrected chi connectivity index (χ2v) is 6.02. The molecule has 0 saturated carbocycles. The number of carbonyl (C=O) groups is 1. The number of ether oxygens (including phenoxy) is 1. The van der Waals surface area contributed by atoms with E-state index in [9.17, 15) is 4.79 Å². The fraction of sp³-hybridized carbons (Fsp3) is 0.588. The average Bonchev–Trinajstić information content (AvgIpc) is 2.47. The van der Waals surface area contributed by atoms with Gasteiger partial charge in [-0.25, -0.2) is 0 Å². The third kappa shape index (κ3) is 3.97. The van der Waals surface area contributed by atoms with Crippen molar-refractivity contribution in [3.63, 3.8) is 0 Å². The van der Waals surface area contributed by atoms with E-state index in [1.54, 1.807) is 0 Å². The first kappa shape index (κ1) is 15.8. The molecule has 116 valence electrons. The van der Waals surface area contributed by atoms with Gasteiger partial charge in [-0.05, 0) is 37.0 Å². The summed E-state index contributed by atoms with van der Waals surface area (Å²) < 4.78 is 5.66. The molecule has 0 aromatic heterocycles. The van der Waals surface area contributed by atoms with Crippen LogP contribution in [-0.4, -0.2) is 36.1 Å². The van der Waals surface area contributed by atoms with Gasteiger partial charge in [0.15, 0.2) is 0 Å². The minimum atomic E-state index is 0.128. The number of rotatable bonds is 4. The monoisotopic (exact) mass is 290 g/mol. The van der Waals surface area contributed by atoms with Crippen LogP contribution >= 0.6 is 0 Å². The van der Waals surface area contributed by atoms with E-state index in [2.05, 4.69) is 13.8 Å². The first-order valence-corrected chi connectivity index (χ1v) is 7.77. The molecule has 3 atom stereocenters. The normalized spacial score (nSPS) is 23.9. The van der Waals surface area contributed by atoms with Crippen LogP contribution in [0.25, 0.3) is 0 Å². The summed E-state index contributed by atoms with van der Waals surface area (Å²) in [6, 6.07) is 8.01. The summed E-state index contributed by atoms with van der Waals surface area (Å²) >= 11 is 0. The lowest BCUT2D eigenvalue weighted by Crippen LogP contribution is -2.51. The Balaban J connectivity index is 2.00. The molecule has 1 aromatic rings. The highest BCUT2D eigenvalue weighted by Gasteiger charge is 2.29. The van der Waals surface area contributed by atoms with E-state index < -0.39 is 0 Å². The van der Waals surface area contributed by atoms with Crippen molar-refractivity contribution in [3.8, 4) is 0 Å². The summed E-state index contributed by atoms with van der Waals surface area (Å²) in [6.45, 7) is 7.57. The van der Waals surface area contributed by atoms with Crippen molar-refractivity contribution in [2.75, 3.05) is 18.9 Å². The number of nitrogens with zero attached hydrogens (tertiary/aromatic N) is 1. The van der Waals surface area contributed by atoms with Gasteiger partial charge in [0.25, 0.3) is 0 Å². The van der Waals surface area contributed by atoms with Crippen LogP contribution in [0.3, 0.4) is 0 Å². The molecule has 2 rings (SSSR count). The fourth-order valence-electron chi connectivity index (χ4n) is 2.81. The Morgan fingerprint density at radius 1 is 1.43 bits per heavy atom. The number of hydrogen-bond acceptors (Lipinski definition) is 3. The molecule has 1 aromatic carbocycles. The largest absolute Gasteiger partial charge is 0.399 e.